The summed E-state index contributed by atoms with van der Waals surface area (Å²) in [5.74, 6) is 0.650. The second kappa shape index (κ2) is 7.30. The molecule has 6 nitrogen and oxygen atoms in total. The Kier molecular flexibility index (Phi) is 4.90. The zero-order valence-electron chi connectivity index (χ0n) is 14.8. The van der Waals surface area contributed by atoms with E-state index in [-0.39, 0.29) is 30.4 Å². The number of morpholine rings is 1. The fraction of sp³-hybridized carbons (Fsp3) is 0.684. The fourth-order valence-electron chi connectivity index (χ4n) is 3.88. The van der Waals surface area contributed by atoms with E-state index in [0.29, 0.717) is 19.1 Å². The minimum atomic E-state index is 0.0323. The largest absolute Gasteiger partial charge is 0.373 e. The molecule has 1 aromatic rings. The molecule has 2 saturated heterocycles. The Hall–Kier alpha value is -1.66. The van der Waals surface area contributed by atoms with Crippen LogP contribution in [0, 0.1) is 5.92 Å². The van der Waals surface area contributed by atoms with Crippen LogP contribution in [0.15, 0.2) is 24.5 Å². The molecule has 1 saturated carbocycles. The molecule has 4 rings (SSSR count). The van der Waals surface area contributed by atoms with Crippen molar-refractivity contribution < 1.29 is 14.3 Å². The van der Waals surface area contributed by atoms with Crippen molar-refractivity contribution in [2.75, 3.05) is 19.7 Å². The summed E-state index contributed by atoms with van der Waals surface area (Å²) < 4.78 is 11.9. The van der Waals surface area contributed by atoms with Gasteiger partial charge in [0.15, 0.2) is 0 Å². The highest BCUT2D eigenvalue weighted by Gasteiger charge is 2.39. The van der Waals surface area contributed by atoms with Crippen LogP contribution in [0.2, 0.25) is 0 Å². The van der Waals surface area contributed by atoms with Crippen molar-refractivity contribution in [2.45, 2.75) is 57.0 Å². The monoisotopic (exact) mass is 345 g/mol. The number of amides is 2. The Labute approximate surface area is 148 Å². The van der Waals surface area contributed by atoms with Gasteiger partial charge in [-0.05, 0) is 56.2 Å². The lowest BCUT2D eigenvalue weighted by atomic mass is 9.98. The number of carbonyl (C=O) groups excluding carboxylic acids is 1. The topological polar surface area (TPSA) is 63.7 Å². The zero-order chi connectivity index (χ0) is 17.2. The van der Waals surface area contributed by atoms with Crippen LogP contribution in [0.5, 0.6) is 0 Å². The van der Waals surface area contributed by atoms with E-state index < -0.39 is 0 Å². The average molecular weight is 345 g/mol. The quantitative estimate of drug-likeness (QED) is 0.914. The van der Waals surface area contributed by atoms with E-state index in [2.05, 4.69) is 17.2 Å². The summed E-state index contributed by atoms with van der Waals surface area (Å²) in [6, 6.07) is 4.16. The molecule has 1 N–H and O–H groups in total. The van der Waals surface area contributed by atoms with Gasteiger partial charge >= 0.3 is 6.03 Å². The van der Waals surface area contributed by atoms with Crippen LogP contribution in [0.1, 0.15) is 44.3 Å². The molecular formula is C19H27N3O3. The van der Waals surface area contributed by atoms with Gasteiger partial charge in [0.05, 0.1) is 18.3 Å². The first kappa shape index (κ1) is 16.8. The van der Waals surface area contributed by atoms with Crippen LogP contribution < -0.4 is 5.32 Å². The molecule has 0 spiro atoms. The van der Waals surface area contributed by atoms with Gasteiger partial charge in [0.1, 0.15) is 0 Å². The summed E-state index contributed by atoms with van der Waals surface area (Å²) in [7, 11) is 0. The molecule has 0 bridgehead atoms. The lowest BCUT2D eigenvalue weighted by molar-refractivity contribution is -0.0739. The van der Waals surface area contributed by atoms with Crippen molar-refractivity contribution >= 4 is 6.03 Å². The minimum absolute atomic E-state index is 0.0323. The first-order chi connectivity index (χ1) is 12.2. The molecule has 1 aliphatic carbocycles. The van der Waals surface area contributed by atoms with E-state index in [1.807, 2.05) is 17.0 Å². The Bertz CT molecular complexity index is 593. The molecule has 3 fully saturated rings. The van der Waals surface area contributed by atoms with Gasteiger partial charge in [0.2, 0.25) is 0 Å². The molecule has 136 valence electrons. The third kappa shape index (κ3) is 4.12. The number of rotatable bonds is 3. The number of ether oxygens (including phenoxy) is 2. The van der Waals surface area contributed by atoms with Crippen LogP contribution in [0.4, 0.5) is 4.79 Å². The molecular weight excluding hydrogens is 318 g/mol. The molecule has 2 aliphatic heterocycles. The lowest BCUT2D eigenvalue weighted by Crippen LogP contribution is -2.55. The molecule has 1 aromatic heterocycles. The first-order valence-corrected chi connectivity index (χ1v) is 9.41. The summed E-state index contributed by atoms with van der Waals surface area (Å²) in [5, 5.41) is 3.22. The maximum Gasteiger partial charge on any atom is 0.317 e. The molecule has 25 heavy (non-hydrogen) atoms. The molecule has 3 aliphatic rings. The SMILES string of the molecule is CC1CN(C(=O)NC2CCOC(c3ccncc3)C2)CC(C2CC2)O1. The molecule has 0 radical (unpaired) electrons. The van der Waals surface area contributed by atoms with Crippen LogP contribution in [-0.4, -0.2) is 53.9 Å². The smallest absolute Gasteiger partial charge is 0.317 e. The second-order valence-corrected chi connectivity index (χ2v) is 7.54. The van der Waals surface area contributed by atoms with Crippen molar-refractivity contribution in [1.82, 2.24) is 15.2 Å². The Morgan fingerprint density at radius 2 is 2.04 bits per heavy atom. The number of hydrogen-bond acceptors (Lipinski definition) is 4. The van der Waals surface area contributed by atoms with Crippen molar-refractivity contribution in [3.8, 4) is 0 Å². The van der Waals surface area contributed by atoms with E-state index in [1.54, 1.807) is 12.4 Å². The molecule has 3 heterocycles. The average Bonchev–Trinajstić information content (AvgIpc) is 3.47. The van der Waals surface area contributed by atoms with Crippen molar-refractivity contribution in [2.24, 2.45) is 5.92 Å². The number of nitrogens with zero attached hydrogens (tertiary/aromatic N) is 2. The number of pyridine rings is 1. The van der Waals surface area contributed by atoms with E-state index in [4.69, 9.17) is 9.47 Å². The number of aromatic nitrogens is 1. The van der Waals surface area contributed by atoms with Crippen molar-refractivity contribution in [1.29, 1.82) is 0 Å². The van der Waals surface area contributed by atoms with Crippen molar-refractivity contribution in [3.63, 3.8) is 0 Å². The third-order valence-corrected chi connectivity index (χ3v) is 5.41. The van der Waals surface area contributed by atoms with Crippen molar-refractivity contribution in [3.05, 3.63) is 30.1 Å². The Morgan fingerprint density at radius 1 is 1.24 bits per heavy atom. The van der Waals surface area contributed by atoms with E-state index in [9.17, 15) is 4.79 Å². The number of hydrogen-bond donors (Lipinski definition) is 1. The maximum absolute atomic E-state index is 12.8. The fourth-order valence-corrected chi connectivity index (χ4v) is 3.88. The van der Waals surface area contributed by atoms with Gasteiger partial charge in [0.25, 0.3) is 0 Å². The molecule has 6 heteroatoms. The van der Waals surface area contributed by atoms with Gasteiger partial charge in [-0.15, -0.1) is 0 Å². The van der Waals surface area contributed by atoms with Gasteiger partial charge < -0.3 is 19.7 Å². The summed E-state index contributed by atoms with van der Waals surface area (Å²) in [5.41, 5.74) is 1.13. The highest BCUT2D eigenvalue weighted by Crippen LogP contribution is 2.36. The van der Waals surface area contributed by atoms with Gasteiger partial charge in [-0.3, -0.25) is 4.98 Å². The normalized spacial score (nSPS) is 33.1. The van der Waals surface area contributed by atoms with Crippen LogP contribution >= 0.6 is 0 Å². The summed E-state index contributed by atoms with van der Waals surface area (Å²) in [4.78, 5) is 18.7. The van der Waals surface area contributed by atoms with Gasteiger partial charge in [-0.25, -0.2) is 4.79 Å². The maximum atomic E-state index is 12.8. The molecule has 0 aromatic carbocycles. The van der Waals surface area contributed by atoms with Crippen LogP contribution in [-0.2, 0) is 9.47 Å². The lowest BCUT2D eigenvalue weighted by Gasteiger charge is -2.38. The number of carbonyl (C=O) groups is 1. The van der Waals surface area contributed by atoms with Gasteiger partial charge in [-0.2, -0.15) is 0 Å². The Balaban J connectivity index is 1.33. The highest BCUT2D eigenvalue weighted by molar-refractivity contribution is 5.74. The predicted molar refractivity (Wildman–Crippen MR) is 93.1 cm³/mol. The van der Waals surface area contributed by atoms with Gasteiger partial charge in [0, 0.05) is 38.1 Å². The molecule has 4 unspecified atom stereocenters. The standard InChI is InChI=1S/C19H27N3O3/c1-13-11-22(12-18(25-13)14-2-3-14)19(23)21-16-6-9-24-17(10-16)15-4-7-20-8-5-15/h4-5,7-8,13-14,16-18H,2-3,6,9-12H2,1H3,(H,21,23). The second-order valence-electron chi connectivity index (χ2n) is 7.54. The number of urea groups is 1. The molecule has 4 atom stereocenters. The zero-order valence-corrected chi connectivity index (χ0v) is 14.8. The first-order valence-electron chi connectivity index (χ1n) is 9.41. The summed E-state index contributed by atoms with van der Waals surface area (Å²) in [6.45, 7) is 4.12. The highest BCUT2D eigenvalue weighted by atomic mass is 16.5. The Morgan fingerprint density at radius 3 is 2.80 bits per heavy atom. The number of nitrogens with one attached hydrogen (secondary N) is 1. The summed E-state index contributed by atoms with van der Waals surface area (Å²) in [6.07, 6.45) is 8.08. The van der Waals surface area contributed by atoms with E-state index in [1.165, 1.54) is 12.8 Å². The third-order valence-electron chi connectivity index (χ3n) is 5.41. The summed E-state index contributed by atoms with van der Waals surface area (Å²) >= 11 is 0. The van der Waals surface area contributed by atoms with Crippen LogP contribution in [0.25, 0.3) is 0 Å². The molecule has 2 amide bonds. The van der Waals surface area contributed by atoms with Gasteiger partial charge in [-0.1, -0.05) is 0 Å². The minimum Gasteiger partial charge on any atom is -0.373 e. The van der Waals surface area contributed by atoms with E-state index in [0.717, 1.165) is 24.9 Å². The van der Waals surface area contributed by atoms with E-state index >= 15 is 0 Å². The van der Waals surface area contributed by atoms with Crippen LogP contribution in [0.3, 0.4) is 0 Å². The predicted octanol–water partition coefficient (Wildman–Crippen LogP) is 2.51.